The van der Waals surface area contributed by atoms with E-state index in [1.165, 1.54) is 49.5 Å². The number of carbonyl (C=O) groups is 9. The zero-order valence-electron chi connectivity index (χ0n) is 69.7. The van der Waals surface area contributed by atoms with Gasteiger partial charge in [0.2, 0.25) is 65.6 Å². The minimum absolute atomic E-state index is 0.0944. The highest BCUT2D eigenvalue weighted by Gasteiger charge is 2.52. The number of aliphatic hydroxyl groups excluding tert-OH is 7. The Morgan fingerprint density at radius 2 is 1.22 bits per heavy atom. The molecule has 0 radical (unpaired) electrons. The van der Waals surface area contributed by atoms with Crippen molar-refractivity contribution >= 4 is 76.4 Å². The van der Waals surface area contributed by atoms with Gasteiger partial charge in [-0.15, -0.1) is 0 Å². The van der Waals surface area contributed by atoms with Crippen molar-refractivity contribution in [3.05, 3.63) is 164 Å². The minimum atomic E-state index is -2.45. The van der Waals surface area contributed by atoms with Crippen LogP contribution in [0.3, 0.4) is 0 Å². The first-order chi connectivity index (χ1) is 61.1. The maximum Gasteiger partial charge on any atom is 0.335 e. The van der Waals surface area contributed by atoms with Crippen LogP contribution < -0.4 is 71.5 Å². The highest BCUT2D eigenvalue weighted by molar-refractivity contribution is 6.33. The number of carboxylic acids is 1. The van der Waals surface area contributed by atoms with Crippen LogP contribution in [0.1, 0.15) is 147 Å². The number of aliphatic carboxylic acids is 1. The minimum Gasteiger partial charge on any atom is -0.508 e. The molecular weight excluding hydrogens is 1720 g/mol. The molecule has 9 heterocycles. The number of rotatable bonds is 22. The number of phenols is 4. The number of amides is 8. The number of phenolic OH excluding ortho intramolecular Hbond substituents is 4. The number of aromatic hydroxyl groups is 4. The van der Waals surface area contributed by atoms with Crippen molar-refractivity contribution in [3.63, 3.8) is 0 Å². The normalized spacial score (nSPS) is 25.8. The quantitative estimate of drug-likeness (QED) is 0.0423. The van der Waals surface area contributed by atoms with Gasteiger partial charge in [-0.05, 0) is 153 Å². The Balaban J connectivity index is 1.04. The summed E-state index contributed by atoms with van der Waals surface area (Å²) in [6.45, 7) is 3.61. The molecule has 8 amide bonds. The first-order valence-electron chi connectivity index (χ1n) is 41.5. The second kappa shape index (κ2) is 40.6. The average molecular weight is 1820 g/mol. The highest BCUT2D eigenvalue weighted by atomic mass is 35.5. The molecule has 0 aliphatic carbocycles. The van der Waals surface area contributed by atoms with Gasteiger partial charge < -0.3 is 147 Å². The number of aliphatic hydroxyl groups is 7. The third kappa shape index (κ3) is 21.1. The lowest BCUT2D eigenvalue weighted by molar-refractivity contribution is -0.277. The van der Waals surface area contributed by atoms with Crippen molar-refractivity contribution in [1.82, 2.24) is 52.8 Å². The Morgan fingerprint density at radius 1 is 0.562 bits per heavy atom. The predicted octanol–water partition coefficient (Wildman–Crippen LogP) is 4.17. The molecule has 9 aliphatic rings. The van der Waals surface area contributed by atoms with Gasteiger partial charge in [-0.25, -0.2) is 4.79 Å². The number of nitrogens with zero attached hydrogens (tertiary/aromatic N) is 1. The lowest BCUT2D eigenvalue weighted by Gasteiger charge is -2.41. The maximum atomic E-state index is 16.8. The summed E-state index contributed by atoms with van der Waals surface area (Å²) < 4.78 is 44.4. The molecule has 7 aromatic carbocycles. The van der Waals surface area contributed by atoms with E-state index >= 15 is 28.8 Å². The second-order valence-corrected chi connectivity index (χ2v) is 33.5. The molecule has 0 saturated carbocycles. The summed E-state index contributed by atoms with van der Waals surface area (Å²) in [4.78, 5) is 140. The second-order valence-electron chi connectivity index (χ2n) is 32.7. The topological polar surface area (TPSA) is 573 Å². The number of hydrogen-bond acceptors (Lipinski definition) is 29. The van der Waals surface area contributed by atoms with Crippen molar-refractivity contribution in [3.8, 4) is 80.1 Å². The van der Waals surface area contributed by atoms with Gasteiger partial charge in [-0.3, -0.25) is 38.4 Å². The van der Waals surface area contributed by atoms with Crippen LogP contribution in [-0.4, -0.2) is 234 Å². The van der Waals surface area contributed by atoms with Crippen molar-refractivity contribution < 1.29 is 138 Å². The van der Waals surface area contributed by atoms with Crippen LogP contribution in [-0.2, 0) is 59.0 Å². The lowest BCUT2D eigenvalue weighted by Crippen LogP contribution is -2.66. The summed E-state index contributed by atoms with van der Waals surface area (Å²) in [7, 11) is 4.95. The van der Waals surface area contributed by atoms with E-state index in [9.17, 15) is 75.7 Å². The molecule has 128 heavy (non-hydrogen) atoms. The van der Waals surface area contributed by atoms with Crippen LogP contribution in [0.2, 0.25) is 10.0 Å². The number of hydrogen-bond donors (Lipinski definition) is 21. The van der Waals surface area contributed by atoms with Gasteiger partial charge in [0, 0.05) is 48.2 Å². The Morgan fingerprint density at radius 3 is 1.91 bits per heavy atom. The van der Waals surface area contributed by atoms with E-state index in [-0.39, 0.29) is 53.3 Å². The lowest BCUT2D eigenvalue weighted by atomic mass is 9.89. The average Bonchev–Trinajstić information content (AvgIpc) is 0.852. The molecule has 0 aromatic heterocycles. The van der Waals surface area contributed by atoms with Crippen LogP contribution >= 0.6 is 23.2 Å². The number of nitrogens with one attached hydrogen (secondary N) is 9. The van der Waals surface area contributed by atoms with E-state index in [1.54, 1.807) is 19.0 Å². The Kier molecular flexibility index (Phi) is 29.7. The Labute approximate surface area is 742 Å². The summed E-state index contributed by atoms with van der Waals surface area (Å²) in [5.74, 6) is -17.5. The summed E-state index contributed by atoms with van der Waals surface area (Å²) in [6, 6.07) is 5.66. The van der Waals surface area contributed by atoms with Gasteiger partial charge in [0.05, 0.1) is 16.7 Å². The third-order valence-corrected chi connectivity index (χ3v) is 23.4. The first kappa shape index (κ1) is 93.7. The Hall–Kier alpha value is -11.9. The highest BCUT2D eigenvalue weighted by Crippen LogP contribution is 2.51. The molecule has 0 spiro atoms. The smallest absolute Gasteiger partial charge is 0.335 e. The fraction of sp³-hybridized carbons (Fsp3) is 0.420. The molecule has 1 unspecified atom stereocenters. The molecule has 684 valence electrons. The number of carbonyl (C=O) groups excluding carboxylic acids is 8. The fourth-order valence-electron chi connectivity index (χ4n) is 15.9. The molecule has 2 saturated heterocycles. The van der Waals surface area contributed by atoms with Crippen LogP contribution in [0.4, 0.5) is 0 Å². The monoisotopic (exact) mass is 1810 g/mol. The SMILES string of the molecule is CN[C@H]1C(=O)N[C@@H]2Cc3ccc(cc3)Oc3cc4cc(c3O[C@@H]3O[C@H](C(=O)O)[C@@H](O)[C@H](O)[C@H]3NC(=O)CCCCCCCCC(C)C)Oc3ccc(cc3Cl)[C@@H](O)[C@@H]3NC(=O)[C@H](NC(=O)[C@@H]4NC(=O)[C@@H](NC2=O)c2cc(cc(O)c2Cl)Oc2ccc1cc2O)c1ccc(O)c(c1)-c1c(O[C@H]2O[C@H](CO)[C@@H](O)[C@H](O)[C@@H]2O)cc(O)cc1C(C(=O)NCCCN(C)C)NC3=O. The molecule has 18 atom stereocenters. The fourth-order valence-corrected chi connectivity index (χ4v) is 16.4. The van der Waals surface area contributed by atoms with Crippen LogP contribution in [0, 0.1) is 5.92 Å². The van der Waals surface area contributed by atoms with Gasteiger partial charge in [-0.2, -0.15) is 0 Å². The van der Waals surface area contributed by atoms with Gasteiger partial charge in [0.15, 0.2) is 29.1 Å². The Bertz CT molecular complexity index is 5340. The molecule has 9 aliphatic heterocycles. The van der Waals surface area contributed by atoms with E-state index in [4.69, 9.17) is 56.4 Å². The maximum absolute atomic E-state index is 16.8. The largest absolute Gasteiger partial charge is 0.508 e. The van der Waals surface area contributed by atoms with Crippen molar-refractivity contribution in [2.45, 2.75) is 188 Å². The van der Waals surface area contributed by atoms with Crippen LogP contribution in [0.15, 0.2) is 115 Å². The van der Waals surface area contributed by atoms with E-state index in [2.05, 4.69) is 61.7 Å². The van der Waals surface area contributed by atoms with Crippen molar-refractivity contribution in [2.75, 3.05) is 40.8 Å². The molecule has 7 aromatic rings. The first-order valence-corrected chi connectivity index (χ1v) is 42.3. The third-order valence-electron chi connectivity index (χ3n) is 22.7. The van der Waals surface area contributed by atoms with Crippen LogP contribution in [0.5, 0.6) is 69.0 Å². The molecule has 17 bridgehead atoms. The molecule has 21 N–H and O–H groups in total. The van der Waals surface area contributed by atoms with Gasteiger partial charge >= 0.3 is 5.97 Å². The number of carboxylic acid groups (broad SMARTS) is 1. The van der Waals surface area contributed by atoms with Crippen molar-refractivity contribution in [1.29, 1.82) is 0 Å². The summed E-state index contributed by atoms with van der Waals surface area (Å²) in [5.41, 5.74) is -2.72. The number of fused-ring (bicyclic) bond motifs is 14. The number of benzene rings is 7. The van der Waals surface area contributed by atoms with Gasteiger partial charge in [0.25, 0.3) is 0 Å². The zero-order valence-corrected chi connectivity index (χ0v) is 71.2. The van der Waals surface area contributed by atoms with Crippen LogP contribution in [0.25, 0.3) is 11.1 Å². The number of ether oxygens (including phenoxy) is 7. The van der Waals surface area contributed by atoms with E-state index < -0.39 is 271 Å². The number of likely N-dealkylation sites (N-methyl/N-ethyl adjacent to an activating group) is 1. The number of halogens is 2. The number of unbranched alkanes of at least 4 members (excludes halogenated alkanes) is 5. The van der Waals surface area contributed by atoms with E-state index in [0.29, 0.717) is 25.3 Å². The molecule has 16 rings (SSSR count). The van der Waals surface area contributed by atoms with Gasteiger partial charge in [-0.1, -0.05) is 106 Å². The zero-order chi connectivity index (χ0) is 92.0. The van der Waals surface area contributed by atoms with E-state index in [1.807, 2.05) is 0 Å². The van der Waals surface area contributed by atoms with Gasteiger partial charge in [0.1, 0.15) is 131 Å². The standard InChI is InChI=1S/C88H100Cl2N10O28/c1-38(2)13-10-8-6-7-9-11-14-61(106)94-70-73(109)75(111)78(86(120)121)128-87(70)127-77-58-31-43-32-59(77)124-55-23-19-42(29-50(55)89)71(107)69-85(119)98-67(80(114)92-25-12-26-100(4)5)48-33-44(102)34-57(125-88-76(112)74(110)72(108)60(37-101)126-88)62(48)47-28-40(17-22-52(47)103)65(82(116)99-69)95-83(117)66(43)96-84(118)68-49-35-46(36-54(105)63(49)90)123-56-24-18-41(30-53(56)104)64(91-3)81(115)93-51(79(113)97-68)27-39-15-20-45(122-58)21-16-39/h15-24,28-36,38,51,60,64-76,78,87-88,91,101-105,107-112H,6-14,25-27,37H2,1-5H3,(H,92,114)(H,93,115)(H,94,106)(H,95,117)(H,96,118)(H,97,113)(H,98,119)(H,99,116)(H,120,121)/t51-,60-,64-,65-,66-,67?,68+,69+,70-,71-,72-,73-,74+,75+,76+,78+,87-,88+/m1/s1. The molecule has 2 fully saturated rings. The molecular formula is C88H100Cl2N10O28. The summed E-state index contributed by atoms with van der Waals surface area (Å²) in [6.07, 6.45) is -15.8. The molecule has 38 nitrogen and oxygen atoms in total. The van der Waals surface area contributed by atoms with Crippen molar-refractivity contribution in [2.24, 2.45) is 5.92 Å². The molecule has 40 heteroatoms. The summed E-state index contributed by atoms with van der Waals surface area (Å²) >= 11 is 14.3. The predicted molar refractivity (Wildman–Crippen MR) is 452 cm³/mol. The van der Waals surface area contributed by atoms with E-state index in [0.717, 1.165) is 105 Å². The summed E-state index contributed by atoms with van der Waals surface area (Å²) in [5, 5.41) is 161.